The van der Waals surface area contributed by atoms with E-state index in [-0.39, 0.29) is 11.3 Å². The largest absolute Gasteiger partial charge is 0.486 e. The van der Waals surface area contributed by atoms with Gasteiger partial charge in [0.05, 0.1) is 10.7 Å². The van der Waals surface area contributed by atoms with Gasteiger partial charge in [0.2, 0.25) is 0 Å². The fourth-order valence-corrected chi connectivity index (χ4v) is 2.56. The van der Waals surface area contributed by atoms with E-state index >= 15 is 0 Å². The average Bonchev–Trinajstić information content (AvgIpc) is 2.61. The molecule has 0 saturated heterocycles. The zero-order valence-corrected chi connectivity index (χ0v) is 13.6. The molecule has 1 aliphatic heterocycles. The highest BCUT2D eigenvalue weighted by molar-refractivity contribution is 6.32. The van der Waals surface area contributed by atoms with Gasteiger partial charge in [-0.2, -0.15) is 5.26 Å². The van der Waals surface area contributed by atoms with Crippen molar-refractivity contribution in [1.82, 2.24) is 0 Å². The van der Waals surface area contributed by atoms with Gasteiger partial charge in [-0.1, -0.05) is 23.7 Å². The molecule has 0 radical (unpaired) electrons. The summed E-state index contributed by atoms with van der Waals surface area (Å²) >= 11 is 6.14. The van der Waals surface area contributed by atoms with Gasteiger partial charge >= 0.3 is 0 Å². The van der Waals surface area contributed by atoms with Crippen molar-refractivity contribution in [2.45, 2.75) is 0 Å². The number of fused-ring (bicyclic) bond motifs is 1. The van der Waals surface area contributed by atoms with Crippen LogP contribution in [0.5, 0.6) is 11.5 Å². The zero-order chi connectivity index (χ0) is 17.8. The summed E-state index contributed by atoms with van der Waals surface area (Å²) in [6, 6.07) is 10.7. The number of carbonyl (C=O) groups is 1. The third-order valence-corrected chi connectivity index (χ3v) is 3.70. The van der Waals surface area contributed by atoms with E-state index in [4.69, 9.17) is 21.1 Å². The molecule has 0 bridgehead atoms. The van der Waals surface area contributed by atoms with Gasteiger partial charge in [0, 0.05) is 0 Å². The zero-order valence-electron chi connectivity index (χ0n) is 12.9. The number of nitriles is 1. The van der Waals surface area contributed by atoms with E-state index in [0.717, 1.165) is 0 Å². The van der Waals surface area contributed by atoms with Gasteiger partial charge < -0.3 is 14.8 Å². The van der Waals surface area contributed by atoms with Crippen LogP contribution in [-0.4, -0.2) is 19.1 Å². The SMILES string of the molecule is N#C/C(=C\c1cc(Cl)c2c(c1)OCCO2)C(=O)Nc1ccccc1F. The van der Waals surface area contributed by atoms with Crippen molar-refractivity contribution in [2.75, 3.05) is 18.5 Å². The first kappa shape index (κ1) is 16.8. The molecule has 0 aliphatic carbocycles. The number of halogens is 2. The first-order valence-electron chi connectivity index (χ1n) is 7.35. The second kappa shape index (κ2) is 7.24. The van der Waals surface area contributed by atoms with Crippen molar-refractivity contribution >= 4 is 29.3 Å². The topological polar surface area (TPSA) is 71.3 Å². The number of carbonyl (C=O) groups excluding carboxylic acids is 1. The van der Waals surface area contributed by atoms with Crippen LogP contribution in [0.3, 0.4) is 0 Å². The minimum Gasteiger partial charge on any atom is -0.486 e. The summed E-state index contributed by atoms with van der Waals surface area (Å²) in [4.78, 5) is 12.2. The molecule has 0 saturated carbocycles. The van der Waals surface area contributed by atoms with E-state index in [9.17, 15) is 14.4 Å². The summed E-state index contributed by atoms with van der Waals surface area (Å²) < 4.78 is 24.5. The lowest BCUT2D eigenvalue weighted by Gasteiger charge is -2.19. The van der Waals surface area contributed by atoms with Crippen molar-refractivity contribution < 1.29 is 18.7 Å². The Morgan fingerprint density at radius 1 is 1.28 bits per heavy atom. The number of nitrogens with one attached hydrogen (secondary N) is 1. The van der Waals surface area contributed by atoms with Crippen molar-refractivity contribution in [3.8, 4) is 17.6 Å². The highest BCUT2D eigenvalue weighted by atomic mass is 35.5. The Kier molecular flexibility index (Phi) is 4.87. The Morgan fingerprint density at radius 3 is 2.80 bits per heavy atom. The van der Waals surface area contributed by atoms with E-state index in [1.807, 2.05) is 0 Å². The highest BCUT2D eigenvalue weighted by Crippen LogP contribution is 2.38. The summed E-state index contributed by atoms with van der Waals surface area (Å²) in [5, 5.41) is 11.9. The maximum atomic E-state index is 13.6. The normalized spacial score (nSPS) is 13.1. The summed E-state index contributed by atoms with van der Waals surface area (Å²) in [6.07, 6.45) is 1.35. The molecule has 1 heterocycles. The van der Waals surface area contributed by atoms with Crippen LogP contribution in [0.25, 0.3) is 6.08 Å². The Balaban J connectivity index is 1.88. The maximum Gasteiger partial charge on any atom is 0.266 e. The molecular formula is C18H12ClFN2O3. The Hall–Kier alpha value is -3.04. The van der Waals surface area contributed by atoms with Gasteiger partial charge in [0.1, 0.15) is 30.7 Å². The minimum absolute atomic E-state index is 0.00569. The minimum atomic E-state index is -0.724. The number of rotatable bonds is 3. The molecule has 2 aromatic rings. The quantitative estimate of drug-likeness (QED) is 0.669. The number of ether oxygens (including phenoxy) is 2. The number of para-hydroxylation sites is 1. The van der Waals surface area contributed by atoms with Crippen LogP contribution in [0.2, 0.25) is 5.02 Å². The number of nitrogens with zero attached hydrogens (tertiary/aromatic N) is 1. The summed E-state index contributed by atoms with van der Waals surface area (Å²) in [5.41, 5.74) is 0.291. The van der Waals surface area contributed by atoms with Crippen LogP contribution in [0.15, 0.2) is 42.0 Å². The van der Waals surface area contributed by atoms with Crippen molar-refractivity contribution in [3.05, 3.63) is 58.4 Å². The van der Waals surface area contributed by atoms with Crippen LogP contribution in [0, 0.1) is 17.1 Å². The molecule has 1 N–H and O–H groups in total. The Morgan fingerprint density at radius 2 is 2.04 bits per heavy atom. The van der Waals surface area contributed by atoms with Crippen molar-refractivity contribution in [2.24, 2.45) is 0 Å². The van der Waals surface area contributed by atoms with Gasteiger partial charge in [-0.3, -0.25) is 4.79 Å². The number of anilines is 1. The van der Waals surface area contributed by atoms with Crippen LogP contribution < -0.4 is 14.8 Å². The third-order valence-electron chi connectivity index (χ3n) is 3.42. The molecule has 3 rings (SSSR count). The predicted octanol–water partition coefficient (Wildman–Crippen LogP) is 3.80. The van der Waals surface area contributed by atoms with Crippen LogP contribution in [0.4, 0.5) is 10.1 Å². The van der Waals surface area contributed by atoms with Crippen molar-refractivity contribution in [3.63, 3.8) is 0 Å². The fourth-order valence-electron chi connectivity index (χ4n) is 2.28. The first-order valence-corrected chi connectivity index (χ1v) is 7.73. The van der Waals surface area contributed by atoms with E-state index in [0.29, 0.717) is 35.3 Å². The second-order valence-corrected chi connectivity index (χ2v) is 5.54. The molecule has 1 aliphatic rings. The molecule has 25 heavy (non-hydrogen) atoms. The predicted molar refractivity (Wildman–Crippen MR) is 91.1 cm³/mol. The van der Waals surface area contributed by atoms with Gasteiger partial charge in [-0.25, -0.2) is 4.39 Å². The lowest BCUT2D eigenvalue weighted by Crippen LogP contribution is -2.16. The summed E-state index contributed by atoms with van der Waals surface area (Å²) in [7, 11) is 0. The van der Waals surface area contributed by atoms with Crippen LogP contribution in [-0.2, 0) is 4.79 Å². The van der Waals surface area contributed by atoms with Gasteiger partial charge in [0.25, 0.3) is 5.91 Å². The number of benzene rings is 2. The van der Waals surface area contributed by atoms with Crippen molar-refractivity contribution in [1.29, 1.82) is 5.26 Å². The summed E-state index contributed by atoms with van der Waals surface area (Å²) in [5.74, 6) is -0.440. The second-order valence-electron chi connectivity index (χ2n) is 5.13. The first-order chi connectivity index (χ1) is 12.1. The highest BCUT2D eigenvalue weighted by Gasteiger charge is 2.17. The monoisotopic (exact) mass is 358 g/mol. The number of hydrogen-bond donors (Lipinski definition) is 1. The Bertz CT molecular complexity index is 906. The number of amides is 1. The molecule has 126 valence electrons. The lowest BCUT2D eigenvalue weighted by molar-refractivity contribution is -0.112. The van der Waals surface area contributed by atoms with E-state index in [1.54, 1.807) is 24.3 Å². The molecule has 0 spiro atoms. The van der Waals surface area contributed by atoms with Crippen LogP contribution in [0.1, 0.15) is 5.56 Å². The lowest BCUT2D eigenvalue weighted by atomic mass is 10.1. The smallest absolute Gasteiger partial charge is 0.266 e. The maximum absolute atomic E-state index is 13.6. The molecule has 0 atom stereocenters. The van der Waals surface area contributed by atoms with Gasteiger partial charge in [-0.15, -0.1) is 0 Å². The average molecular weight is 359 g/mol. The van der Waals surface area contributed by atoms with E-state index < -0.39 is 11.7 Å². The fraction of sp³-hybridized carbons (Fsp3) is 0.111. The molecule has 2 aromatic carbocycles. The molecule has 1 amide bonds. The third kappa shape index (κ3) is 3.73. The Labute approximate surface area is 148 Å². The molecule has 0 unspecified atom stereocenters. The molecule has 7 heteroatoms. The van der Waals surface area contributed by atoms with Gasteiger partial charge in [-0.05, 0) is 35.9 Å². The molecular weight excluding hydrogens is 347 g/mol. The molecule has 0 aromatic heterocycles. The van der Waals surface area contributed by atoms with E-state index in [2.05, 4.69) is 5.32 Å². The number of hydrogen-bond acceptors (Lipinski definition) is 4. The van der Waals surface area contributed by atoms with E-state index in [1.165, 1.54) is 24.3 Å². The standard InChI is InChI=1S/C18H12ClFN2O3/c19-13-8-11(9-16-17(13)25-6-5-24-16)7-12(10-21)18(23)22-15-4-2-1-3-14(15)20/h1-4,7-9H,5-6H2,(H,22,23)/b12-7+. The summed E-state index contributed by atoms with van der Waals surface area (Å²) in [6.45, 7) is 0.784. The molecule has 0 fully saturated rings. The molecule has 5 nitrogen and oxygen atoms in total. The van der Waals surface area contributed by atoms with Crippen LogP contribution >= 0.6 is 11.6 Å². The van der Waals surface area contributed by atoms with Gasteiger partial charge in [0.15, 0.2) is 11.5 Å².